The summed E-state index contributed by atoms with van der Waals surface area (Å²) in [4.78, 5) is 15.8. The molecule has 0 unspecified atom stereocenters. The van der Waals surface area contributed by atoms with Crippen molar-refractivity contribution in [3.63, 3.8) is 0 Å². The monoisotopic (exact) mass is 285 g/mol. The van der Waals surface area contributed by atoms with Crippen LogP contribution in [0.5, 0.6) is 0 Å². The quantitative estimate of drug-likeness (QED) is 0.902. The predicted molar refractivity (Wildman–Crippen MR) is 82.2 cm³/mol. The molecule has 0 saturated carbocycles. The van der Waals surface area contributed by atoms with Crippen LogP contribution in [0.15, 0.2) is 18.5 Å². The van der Waals surface area contributed by atoms with E-state index in [-0.39, 0.29) is 0 Å². The summed E-state index contributed by atoms with van der Waals surface area (Å²) < 4.78 is 5.39. The second-order valence-corrected chi connectivity index (χ2v) is 5.17. The molecule has 0 spiro atoms. The summed E-state index contributed by atoms with van der Waals surface area (Å²) in [7, 11) is 0. The maximum Gasteiger partial charge on any atom is 0.150 e. The highest BCUT2D eigenvalue weighted by molar-refractivity contribution is 5.66. The molecule has 1 aliphatic heterocycles. The van der Waals surface area contributed by atoms with Crippen LogP contribution in [0.25, 0.3) is 11.3 Å². The minimum absolute atomic E-state index is 0.630. The third-order valence-corrected chi connectivity index (χ3v) is 3.63. The molecule has 0 atom stereocenters. The molecule has 0 aromatic carbocycles. The highest BCUT2D eigenvalue weighted by atomic mass is 16.5. The Hall–Kier alpha value is -2.21. The Morgan fingerprint density at radius 3 is 2.57 bits per heavy atom. The maximum absolute atomic E-state index is 5.84. The smallest absolute Gasteiger partial charge is 0.150 e. The molecule has 2 aromatic heterocycles. The average molecular weight is 285 g/mol. The van der Waals surface area contributed by atoms with Gasteiger partial charge in [-0.05, 0) is 19.9 Å². The third kappa shape index (κ3) is 2.80. The number of anilines is 2. The van der Waals surface area contributed by atoms with Crippen LogP contribution >= 0.6 is 0 Å². The molecule has 0 bridgehead atoms. The van der Waals surface area contributed by atoms with Gasteiger partial charge in [0, 0.05) is 24.3 Å². The van der Waals surface area contributed by atoms with E-state index in [1.54, 1.807) is 12.4 Å². The standard InChI is InChI=1S/C15H19N5O/c1-10-13(7-12(16)8-17-10)14-9-18-11(2)15(19-14)20-3-5-21-6-4-20/h7-9H,3-6,16H2,1-2H3. The van der Waals surface area contributed by atoms with E-state index in [4.69, 9.17) is 15.5 Å². The molecule has 21 heavy (non-hydrogen) atoms. The molecule has 0 radical (unpaired) electrons. The van der Waals surface area contributed by atoms with Crippen molar-refractivity contribution in [3.05, 3.63) is 29.8 Å². The van der Waals surface area contributed by atoms with Gasteiger partial charge in [-0.1, -0.05) is 0 Å². The van der Waals surface area contributed by atoms with Crippen LogP contribution in [0.3, 0.4) is 0 Å². The molecule has 110 valence electrons. The summed E-state index contributed by atoms with van der Waals surface area (Å²) in [6.07, 6.45) is 3.44. The molecule has 1 aliphatic rings. The fourth-order valence-electron chi connectivity index (χ4n) is 2.45. The summed E-state index contributed by atoms with van der Waals surface area (Å²) in [5.74, 6) is 0.914. The first kappa shape index (κ1) is 13.8. The zero-order valence-electron chi connectivity index (χ0n) is 12.3. The van der Waals surface area contributed by atoms with Crippen molar-refractivity contribution in [2.75, 3.05) is 36.9 Å². The zero-order valence-corrected chi connectivity index (χ0v) is 12.3. The van der Waals surface area contributed by atoms with Gasteiger partial charge in [0.15, 0.2) is 5.82 Å². The molecular formula is C15H19N5O. The zero-order chi connectivity index (χ0) is 14.8. The second kappa shape index (κ2) is 5.65. The number of nitrogens with zero attached hydrogens (tertiary/aromatic N) is 4. The Morgan fingerprint density at radius 2 is 1.81 bits per heavy atom. The van der Waals surface area contributed by atoms with Gasteiger partial charge in [0.05, 0.1) is 42.7 Å². The minimum atomic E-state index is 0.630. The van der Waals surface area contributed by atoms with E-state index in [9.17, 15) is 0 Å². The number of morpholine rings is 1. The number of pyridine rings is 1. The van der Waals surface area contributed by atoms with Crippen molar-refractivity contribution in [1.29, 1.82) is 0 Å². The molecule has 6 nitrogen and oxygen atoms in total. The molecular weight excluding hydrogens is 266 g/mol. The van der Waals surface area contributed by atoms with Crippen LogP contribution in [0.2, 0.25) is 0 Å². The molecule has 0 aliphatic carbocycles. The van der Waals surface area contributed by atoms with Crippen LogP contribution < -0.4 is 10.6 Å². The lowest BCUT2D eigenvalue weighted by atomic mass is 10.1. The molecule has 2 N–H and O–H groups in total. The summed E-state index contributed by atoms with van der Waals surface area (Å²) in [5, 5.41) is 0. The van der Waals surface area contributed by atoms with Gasteiger partial charge in [0.25, 0.3) is 0 Å². The first-order valence-electron chi connectivity index (χ1n) is 7.04. The lowest BCUT2D eigenvalue weighted by Gasteiger charge is -2.28. The van der Waals surface area contributed by atoms with Crippen LogP contribution in [0.1, 0.15) is 11.4 Å². The van der Waals surface area contributed by atoms with Gasteiger partial charge in [-0.25, -0.2) is 4.98 Å². The van der Waals surface area contributed by atoms with Crippen molar-refractivity contribution in [1.82, 2.24) is 15.0 Å². The Balaban J connectivity index is 2.02. The Labute approximate surface area is 124 Å². The van der Waals surface area contributed by atoms with Gasteiger partial charge in [-0.3, -0.25) is 9.97 Å². The Morgan fingerprint density at radius 1 is 1.10 bits per heavy atom. The largest absolute Gasteiger partial charge is 0.397 e. The number of aromatic nitrogens is 3. The van der Waals surface area contributed by atoms with Crippen LogP contribution in [0, 0.1) is 13.8 Å². The van der Waals surface area contributed by atoms with E-state index < -0.39 is 0 Å². The summed E-state index contributed by atoms with van der Waals surface area (Å²) in [6, 6.07) is 1.89. The average Bonchev–Trinajstić information content (AvgIpc) is 2.51. The number of nitrogen functional groups attached to an aromatic ring is 1. The Kier molecular flexibility index (Phi) is 3.70. The van der Waals surface area contributed by atoms with E-state index in [0.29, 0.717) is 5.69 Å². The fourth-order valence-corrected chi connectivity index (χ4v) is 2.45. The van der Waals surface area contributed by atoms with Crippen molar-refractivity contribution in [3.8, 4) is 11.3 Å². The van der Waals surface area contributed by atoms with Gasteiger partial charge in [0.2, 0.25) is 0 Å². The fraction of sp³-hybridized carbons (Fsp3) is 0.400. The number of hydrogen-bond acceptors (Lipinski definition) is 6. The number of ether oxygens (including phenoxy) is 1. The van der Waals surface area contributed by atoms with Crippen molar-refractivity contribution in [2.45, 2.75) is 13.8 Å². The summed E-state index contributed by atoms with van der Waals surface area (Å²) in [6.45, 7) is 7.06. The van der Waals surface area contributed by atoms with Crippen molar-refractivity contribution >= 4 is 11.5 Å². The number of hydrogen-bond donors (Lipinski definition) is 1. The molecule has 3 heterocycles. The van der Waals surface area contributed by atoms with E-state index in [1.807, 2.05) is 19.9 Å². The van der Waals surface area contributed by atoms with E-state index in [1.165, 1.54) is 0 Å². The first-order chi connectivity index (χ1) is 10.1. The maximum atomic E-state index is 5.84. The van der Waals surface area contributed by atoms with Gasteiger partial charge >= 0.3 is 0 Å². The highest BCUT2D eigenvalue weighted by Gasteiger charge is 2.17. The molecule has 1 fully saturated rings. The predicted octanol–water partition coefficient (Wildman–Crippen LogP) is 1.57. The van der Waals surface area contributed by atoms with Crippen molar-refractivity contribution < 1.29 is 4.74 Å². The molecule has 6 heteroatoms. The second-order valence-electron chi connectivity index (χ2n) is 5.17. The minimum Gasteiger partial charge on any atom is -0.397 e. The van der Waals surface area contributed by atoms with Crippen molar-refractivity contribution in [2.24, 2.45) is 0 Å². The topological polar surface area (TPSA) is 77.2 Å². The Bertz CT molecular complexity index is 653. The number of aryl methyl sites for hydroxylation is 2. The lowest BCUT2D eigenvalue weighted by molar-refractivity contribution is 0.122. The van der Waals surface area contributed by atoms with Gasteiger partial charge in [-0.15, -0.1) is 0 Å². The third-order valence-electron chi connectivity index (χ3n) is 3.63. The van der Waals surface area contributed by atoms with Crippen LogP contribution in [0.4, 0.5) is 11.5 Å². The van der Waals surface area contributed by atoms with E-state index in [2.05, 4.69) is 14.9 Å². The molecule has 0 amide bonds. The first-order valence-corrected chi connectivity index (χ1v) is 7.04. The van der Waals surface area contributed by atoms with Crippen LogP contribution in [-0.2, 0) is 4.74 Å². The lowest BCUT2D eigenvalue weighted by Crippen LogP contribution is -2.37. The van der Waals surface area contributed by atoms with Gasteiger partial charge in [-0.2, -0.15) is 0 Å². The normalized spacial score (nSPS) is 15.2. The SMILES string of the molecule is Cc1ncc(N)cc1-c1cnc(C)c(N2CCOCC2)n1. The molecule has 2 aromatic rings. The number of rotatable bonds is 2. The van der Waals surface area contributed by atoms with Gasteiger partial charge in [0.1, 0.15) is 0 Å². The van der Waals surface area contributed by atoms with E-state index in [0.717, 1.165) is 54.8 Å². The highest BCUT2D eigenvalue weighted by Crippen LogP contribution is 2.25. The molecule has 1 saturated heterocycles. The van der Waals surface area contributed by atoms with Gasteiger partial charge < -0.3 is 15.4 Å². The molecule has 3 rings (SSSR count). The van der Waals surface area contributed by atoms with Crippen LogP contribution in [-0.4, -0.2) is 41.3 Å². The summed E-state index contributed by atoms with van der Waals surface area (Å²) >= 11 is 0. The summed E-state index contributed by atoms with van der Waals surface area (Å²) in [5.41, 5.74) is 10.0. The van der Waals surface area contributed by atoms with E-state index >= 15 is 0 Å². The number of nitrogens with two attached hydrogens (primary N) is 1.